The molecule has 1 saturated carbocycles. The lowest BCUT2D eigenvalue weighted by Crippen LogP contribution is -2.32. The summed E-state index contributed by atoms with van der Waals surface area (Å²) in [4.78, 5) is 1.45. The summed E-state index contributed by atoms with van der Waals surface area (Å²) in [6.07, 6.45) is 2.59. The molecule has 1 aliphatic rings. The largest absolute Gasteiger partial charge is 0.309 e. The van der Waals surface area contributed by atoms with Crippen molar-refractivity contribution >= 4 is 11.3 Å². The molecule has 3 rings (SSSR count). The Morgan fingerprint density at radius 3 is 2.47 bits per heavy atom. The van der Waals surface area contributed by atoms with Crippen molar-refractivity contribution in [3.05, 3.63) is 57.8 Å². The number of aryl methyl sites for hydroxylation is 1. The van der Waals surface area contributed by atoms with E-state index >= 15 is 0 Å². The van der Waals surface area contributed by atoms with Crippen LogP contribution < -0.4 is 5.32 Å². The van der Waals surface area contributed by atoms with Crippen LogP contribution in [0.1, 0.15) is 41.8 Å². The van der Waals surface area contributed by atoms with Crippen LogP contribution in [0.5, 0.6) is 0 Å². The summed E-state index contributed by atoms with van der Waals surface area (Å²) >= 11 is 1.86. The van der Waals surface area contributed by atoms with E-state index in [0.29, 0.717) is 11.5 Å². The maximum atomic E-state index is 3.73. The standard InChI is InChI=1S/C17H21NS/c1-3-18-16(15-9-12-19-13(15)2)17(10-11-17)14-7-5-4-6-8-14/h4-9,12,16,18H,3,10-11H2,1-2H3. The lowest BCUT2D eigenvalue weighted by atomic mass is 9.84. The first-order chi connectivity index (χ1) is 9.28. The summed E-state index contributed by atoms with van der Waals surface area (Å²) in [5.74, 6) is 0. The normalized spacial score (nSPS) is 18.2. The number of thiophene rings is 1. The number of rotatable bonds is 5. The molecule has 0 radical (unpaired) electrons. The zero-order valence-corrected chi connectivity index (χ0v) is 12.5. The summed E-state index contributed by atoms with van der Waals surface area (Å²) in [6, 6.07) is 13.8. The molecule has 1 nitrogen and oxygen atoms in total. The van der Waals surface area contributed by atoms with Gasteiger partial charge in [0.1, 0.15) is 0 Å². The average molecular weight is 271 g/mol. The Hall–Kier alpha value is -1.12. The van der Waals surface area contributed by atoms with Gasteiger partial charge in [0.2, 0.25) is 0 Å². The molecule has 19 heavy (non-hydrogen) atoms. The predicted octanol–water partition coefficient (Wildman–Crippen LogP) is 4.44. The first-order valence-corrected chi connectivity index (χ1v) is 7.99. The van der Waals surface area contributed by atoms with Crippen molar-refractivity contribution in [3.63, 3.8) is 0 Å². The third kappa shape index (κ3) is 2.24. The second-order valence-corrected chi connectivity index (χ2v) is 6.57. The number of hydrogen-bond acceptors (Lipinski definition) is 2. The smallest absolute Gasteiger partial charge is 0.0429 e. The molecule has 1 atom stereocenters. The van der Waals surface area contributed by atoms with E-state index in [2.05, 4.69) is 60.9 Å². The molecular formula is C17H21NS. The molecule has 0 saturated heterocycles. The minimum absolute atomic E-state index is 0.323. The van der Waals surface area contributed by atoms with Gasteiger partial charge in [-0.3, -0.25) is 0 Å². The van der Waals surface area contributed by atoms with Gasteiger partial charge in [-0.15, -0.1) is 11.3 Å². The fraction of sp³-hybridized carbons (Fsp3) is 0.412. The lowest BCUT2D eigenvalue weighted by molar-refractivity contribution is 0.439. The molecule has 1 aliphatic carbocycles. The minimum atomic E-state index is 0.323. The van der Waals surface area contributed by atoms with Crippen molar-refractivity contribution in [2.24, 2.45) is 0 Å². The molecule has 1 aromatic carbocycles. The topological polar surface area (TPSA) is 12.0 Å². The summed E-state index contributed by atoms with van der Waals surface area (Å²) in [6.45, 7) is 5.47. The van der Waals surface area contributed by atoms with E-state index in [0.717, 1.165) is 6.54 Å². The second-order valence-electron chi connectivity index (χ2n) is 5.44. The van der Waals surface area contributed by atoms with Gasteiger partial charge in [0, 0.05) is 16.3 Å². The van der Waals surface area contributed by atoms with Crippen LogP contribution in [-0.2, 0) is 5.41 Å². The van der Waals surface area contributed by atoms with E-state index in [1.165, 1.54) is 28.8 Å². The number of benzene rings is 1. The number of nitrogens with one attached hydrogen (secondary N) is 1. The van der Waals surface area contributed by atoms with Gasteiger partial charge in [0.15, 0.2) is 0 Å². The van der Waals surface area contributed by atoms with E-state index in [4.69, 9.17) is 0 Å². The Morgan fingerprint density at radius 1 is 1.21 bits per heavy atom. The van der Waals surface area contributed by atoms with Gasteiger partial charge in [-0.2, -0.15) is 0 Å². The van der Waals surface area contributed by atoms with E-state index in [9.17, 15) is 0 Å². The fourth-order valence-electron chi connectivity index (χ4n) is 3.15. The van der Waals surface area contributed by atoms with Gasteiger partial charge in [-0.25, -0.2) is 0 Å². The maximum Gasteiger partial charge on any atom is 0.0429 e. The summed E-state index contributed by atoms with van der Waals surface area (Å²) in [7, 11) is 0. The second kappa shape index (κ2) is 5.10. The molecule has 0 spiro atoms. The molecule has 2 aromatic rings. The van der Waals surface area contributed by atoms with Crippen LogP contribution in [0.2, 0.25) is 0 Å². The fourth-order valence-corrected chi connectivity index (χ4v) is 3.89. The third-order valence-corrected chi connectivity index (χ3v) is 5.17. The SMILES string of the molecule is CCNC(c1ccsc1C)C1(c2ccccc2)CC1. The van der Waals surface area contributed by atoms with Crippen molar-refractivity contribution < 1.29 is 0 Å². The van der Waals surface area contributed by atoms with Gasteiger partial charge in [-0.1, -0.05) is 37.3 Å². The zero-order valence-electron chi connectivity index (χ0n) is 11.6. The van der Waals surface area contributed by atoms with Crippen molar-refractivity contribution in [1.29, 1.82) is 0 Å². The summed E-state index contributed by atoms with van der Waals surface area (Å²) < 4.78 is 0. The van der Waals surface area contributed by atoms with Crippen molar-refractivity contribution in [2.45, 2.75) is 38.1 Å². The van der Waals surface area contributed by atoms with Gasteiger partial charge in [0.05, 0.1) is 0 Å². The first kappa shape index (κ1) is 12.9. The number of hydrogen-bond donors (Lipinski definition) is 1. The Bertz CT molecular complexity index is 539. The van der Waals surface area contributed by atoms with E-state index in [1.807, 2.05) is 11.3 Å². The van der Waals surface area contributed by atoms with Crippen molar-refractivity contribution in [1.82, 2.24) is 5.32 Å². The van der Waals surface area contributed by atoms with Crippen LogP contribution in [0.4, 0.5) is 0 Å². The third-order valence-electron chi connectivity index (χ3n) is 4.31. The Kier molecular flexibility index (Phi) is 3.46. The van der Waals surface area contributed by atoms with Gasteiger partial charge < -0.3 is 5.32 Å². The van der Waals surface area contributed by atoms with Gasteiger partial charge in [-0.05, 0) is 48.9 Å². The predicted molar refractivity (Wildman–Crippen MR) is 82.8 cm³/mol. The maximum absolute atomic E-state index is 3.73. The molecule has 0 amide bonds. The van der Waals surface area contributed by atoms with Gasteiger partial charge in [0.25, 0.3) is 0 Å². The van der Waals surface area contributed by atoms with Crippen molar-refractivity contribution in [2.75, 3.05) is 6.54 Å². The Morgan fingerprint density at radius 2 is 1.95 bits per heavy atom. The lowest BCUT2D eigenvalue weighted by Gasteiger charge is -2.29. The quantitative estimate of drug-likeness (QED) is 0.847. The van der Waals surface area contributed by atoms with Crippen LogP contribution in [0.3, 0.4) is 0 Å². The summed E-state index contributed by atoms with van der Waals surface area (Å²) in [5, 5.41) is 5.95. The average Bonchev–Trinajstić information content (AvgIpc) is 3.14. The molecule has 1 fully saturated rings. The minimum Gasteiger partial charge on any atom is -0.309 e. The molecule has 1 N–H and O–H groups in total. The zero-order chi connectivity index (χ0) is 13.3. The number of likely N-dealkylation sites (N-methyl/N-ethyl adjacent to an activating group) is 1. The first-order valence-electron chi connectivity index (χ1n) is 7.11. The molecule has 1 aromatic heterocycles. The molecule has 1 unspecified atom stereocenters. The highest BCUT2D eigenvalue weighted by atomic mass is 32.1. The van der Waals surface area contributed by atoms with Crippen LogP contribution in [0.25, 0.3) is 0 Å². The van der Waals surface area contributed by atoms with Gasteiger partial charge >= 0.3 is 0 Å². The molecule has 2 heteroatoms. The van der Waals surface area contributed by atoms with E-state index in [-0.39, 0.29) is 0 Å². The van der Waals surface area contributed by atoms with E-state index in [1.54, 1.807) is 0 Å². The molecule has 1 heterocycles. The molecule has 0 bridgehead atoms. The Labute approximate surface area is 119 Å². The Balaban J connectivity index is 1.99. The van der Waals surface area contributed by atoms with Crippen LogP contribution in [0, 0.1) is 6.92 Å². The van der Waals surface area contributed by atoms with E-state index < -0.39 is 0 Å². The van der Waals surface area contributed by atoms with Crippen LogP contribution >= 0.6 is 11.3 Å². The van der Waals surface area contributed by atoms with Crippen LogP contribution in [0.15, 0.2) is 41.8 Å². The molecule has 100 valence electrons. The molecule has 0 aliphatic heterocycles. The van der Waals surface area contributed by atoms with Crippen LogP contribution in [-0.4, -0.2) is 6.54 Å². The monoisotopic (exact) mass is 271 g/mol. The summed E-state index contributed by atoms with van der Waals surface area (Å²) in [5.41, 5.74) is 3.31. The highest BCUT2D eigenvalue weighted by Crippen LogP contribution is 2.57. The molecular weight excluding hydrogens is 250 g/mol. The van der Waals surface area contributed by atoms with Crippen molar-refractivity contribution in [3.8, 4) is 0 Å². The highest BCUT2D eigenvalue weighted by molar-refractivity contribution is 7.10. The highest BCUT2D eigenvalue weighted by Gasteiger charge is 2.51.